The number of halogens is 2. The summed E-state index contributed by atoms with van der Waals surface area (Å²) in [6.07, 6.45) is -0.956. The molecule has 0 radical (unpaired) electrons. The number of aliphatic hydroxyl groups excluding tert-OH is 1. The summed E-state index contributed by atoms with van der Waals surface area (Å²) >= 11 is 2.00. The Labute approximate surface area is 121 Å². The fourth-order valence-electron chi connectivity index (χ4n) is 2.15. The fraction of sp³-hybridized carbons (Fsp3) is 0.500. The van der Waals surface area contributed by atoms with Gasteiger partial charge in [-0.2, -0.15) is 4.98 Å². The molecular weight excluding hydrogens is 368 g/mol. The van der Waals surface area contributed by atoms with Gasteiger partial charge in [-0.05, 0) is 22.6 Å². The number of imidazole rings is 1. The lowest BCUT2D eigenvalue weighted by atomic mass is 10.2. The summed E-state index contributed by atoms with van der Waals surface area (Å²) in [5.41, 5.74) is 6.58. The highest BCUT2D eigenvalue weighted by molar-refractivity contribution is 14.1. The summed E-state index contributed by atoms with van der Waals surface area (Å²) in [5, 5.41) is 9.04. The molecule has 19 heavy (non-hydrogen) atoms. The molecule has 2 aromatic rings. The molecule has 2 aromatic heterocycles. The Hall–Kier alpha value is -1.07. The minimum atomic E-state index is -1.22. The molecule has 102 valence electrons. The quantitative estimate of drug-likeness (QED) is 0.587. The van der Waals surface area contributed by atoms with Crippen molar-refractivity contribution >= 4 is 39.7 Å². The molecule has 0 saturated carbocycles. The molecule has 0 unspecified atom stereocenters. The molecule has 3 N–H and O–H groups in total. The Kier molecular flexibility index (Phi) is 3.27. The van der Waals surface area contributed by atoms with Crippen LogP contribution >= 0.6 is 22.6 Å². The van der Waals surface area contributed by atoms with E-state index in [0.717, 1.165) is 0 Å². The zero-order valence-corrected chi connectivity index (χ0v) is 11.9. The zero-order valence-electron chi connectivity index (χ0n) is 9.70. The van der Waals surface area contributed by atoms with Crippen molar-refractivity contribution in [1.29, 1.82) is 0 Å². The molecule has 0 aromatic carbocycles. The van der Waals surface area contributed by atoms with Crippen LogP contribution < -0.4 is 5.73 Å². The summed E-state index contributed by atoms with van der Waals surface area (Å²) in [7, 11) is 0. The summed E-state index contributed by atoms with van der Waals surface area (Å²) in [4.78, 5) is 12.2. The van der Waals surface area contributed by atoms with Crippen LogP contribution in [0.4, 0.5) is 10.3 Å². The molecule has 3 atom stereocenters. The van der Waals surface area contributed by atoms with Crippen LogP contribution in [0.15, 0.2) is 6.33 Å². The highest BCUT2D eigenvalue weighted by Gasteiger charge is 2.37. The Balaban J connectivity index is 2.06. The molecule has 0 spiro atoms. The van der Waals surface area contributed by atoms with Crippen molar-refractivity contribution in [1.82, 2.24) is 19.5 Å². The van der Waals surface area contributed by atoms with Crippen molar-refractivity contribution in [2.24, 2.45) is 0 Å². The highest BCUT2D eigenvalue weighted by Crippen LogP contribution is 2.33. The Bertz CT molecular complexity index is 621. The van der Waals surface area contributed by atoms with Gasteiger partial charge in [-0.25, -0.2) is 14.4 Å². The third-order valence-corrected chi connectivity index (χ3v) is 3.76. The smallest absolute Gasteiger partial charge is 0.223 e. The van der Waals surface area contributed by atoms with E-state index in [9.17, 15) is 4.39 Å². The first-order valence-electron chi connectivity index (χ1n) is 5.66. The SMILES string of the molecule is Nc1nc(I)c2ncn([C@@H]3O[C@H](CO)C[C@H]3F)c2n1. The number of alkyl halides is 1. The van der Waals surface area contributed by atoms with Crippen LogP contribution in [0.1, 0.15) is 12.6 Å². The van der Waals surface area contributed by atoms with Gasteiger partial charge in [-0.3, -0.25) is 4.57 Å². The van der Waals surface area contributed by atoms with Gasteiger partial charge in [0.2, 0.25) is 5.95 Å². The fourth-order valence-corrected chi connectivity index (χ4v) is 2.77. The number of nitrogens with two attached hydrogens (primary N) is 1. The van der Waals surface area contributed by atoms with Gasteiger partial charge in [-0.1, -0.05) is 0 Å². The molecule has 9 heteroatoms. The van der Waals surface area contributed by atoms with Crippen LogP contribution in [0.25, 0.3) is 11.2 Å². The average molecular weight is 379 g/mol. The average Bonchev–Trinajstić information content (AvgIpc) is 2.92. The normalized spacial score (nSPS) is 27.2. The first-order valence-corrected chi connectivity index (χ1v) is 6.74. The van der Waals surface area contributed by atoms with Crippen molar-refractivity contribution in [2.75, 3.05) is 12.3 Å². The molecule has 1 fully saturated rings. The number of hydrogen-bond donors (Lipinski definition) is 2. The third kappa shape index (κ3) is 2.15. The van der Waals surface area contributed by atoms with E-state index in [1.54, 1.807) is 0 Å². The van der Waals surface area contributed by atoms with Gasteiger partial charge in [0, 0.05) is 6.42 Å². The maximum absolute atomic E-state index is 14.0. The van der Waals surface area contributed by atoms with Gasteiger partial charge >= 0.3 is 0 Å². The molecule has 3 heterocycles. The lowest BCUT2D eigenvalue weighted by Gasteiger charge is -2.15. The van der Waals surface area contributed by atoms with E-state index in [0.29, 0.717) is 14.9 Å². The second-order valence-corrected chi connectivity index (χ2v) is 5.30. The number of nitrogens with zero attached hydrogens (tertiary/aromatic N) is 4. The summed E-state index contributed by atoms with van der Waals surface area (Å²) in [6, 6.07) is 0. The first kappa shape index (κ1) is 12.9. The van der Waals surface area contributed by atoms with Gasteiger partial charge in [0.25, 0.3) is 0 Å². The maximum atomic E-state index is 14.0. The lowest BCUT2D eigenvalue weighted by Crippen LogP contribution is -2.17. The topological polar surface area (TPSA) is 99.1 Å². The van der Waals surface area contributed by atoms with Crippen molar-refractivity contribution < 1.29 is 14.2 Å². The van der Waals surface area contributed by atoms with Crippen molar-refractivity contribution in [3.63, 3.8) is 0 Å². The number of nitrogen functional groups attached to an aromatic ring is 1. The van der Waals surface area contributed by atoms with Crippen LogP contribution in [-0.4, -0.2) is 43.5 Å². The molecule has 0 amide bonds. The van der Waals surface area contributed by atoms with Crippen LogP contribution in [0.2, 0.25) is 0 Å². The van der Waals surface area contributed by atoms with E-state index < -0.39 is 18.5 Å². The van der Waals surface area contributed by atoms with Gasteiger partial charge in [0.15, 0.2) is 11.9 Å². The summed E-state index contributed by atoms with van der Waals surface area (Å²) < 4.78 is 21.5. The highest BCUT2D eigenvalue weighted by atomic mass is 127. The summed E-state index contributed by atoms with van der Waals surface area (Å²) in [5.74, 6) is 0.103. The number of ether oxygens (including phenoxy) is 1. The number of rotatable bonds is 2. The van der Waals surface area contributed by atoms with Crippen molar-refractivity contribution in [3.8, 4) is 0 Å². The Morgan fingerprint density at radius 2 is 2.37 bits per heavy atom. The van der Waals surface area contributed by atoms with Gasteiger partial charge in [0.05, 0.1) is 19.0 Å². The second-order valence-electron chi connectivity index (χ2n) is 4.28. The lowest BCUT2D eigenvalue weighted by molar-refractivity contribution is -0.0351. The Morgan fingerprint density at radius 1 is 1.58 bits per heavy atom. The van der Waals surface area contributed by atoms with Gasteiger partial charge in [0.1, 0.15) is 15.4 Å². The largest absolute Gasteiger partial charge is 0.394 e. The number of hydrogen-bond acceptors (Lipinski definition) is 6. The predicted molar refractivity (Wildman–Crippen MR) is 73.0 cm³/mol. The van der Waals surface area contributed by atoms with E-state index in [-0.39, 0.29) is 19.0 Å². The minimum Gasteiger partial charge on any atom is -0.394 e. The van der Waals surface area contributed by atoms with Gasteiger partial charge in [-0.15, -0.1) is 0 Å². The molecule has 1 aliphatic rings. The van der Waals surface area contributed by atoms with Crippen LogP contribution in [0.5, 0.6) is 0 Å². The molecule has 3 rings (SSSR count). The van der Waals surface area contributed by atoms with Crippen molar-refractivity contribution in [2.45, 2.75) is 24.9 Å². The predicted octanol–water partition coefficient (Wildman–Crippen LogP) is 0.631. The third-order valence-electron chi connectivity index (χ3n) is 3.00. The van der Waals surface area contributed by atoms with E-state index in [1.165, 1.54) is 10.9 Å². The van der Waals surface area contributed by atoms with Crippen molar-refractivity contribution in [3.05, 3.63) is 10.0 Å². The Morgan fingerprint density at radius 3 is 3.05 bits per heavy atom. The number of fused-ring (bicyclic) bond motifs is 1. The zero-order chi connectivity index (χ0) is 13.6. The van der Waals surface area contributed by atoms with E-state index in [1.807, 2.05) is 22.6 Å². The molecular formula is C10H11FIN5O2. The van der Waals surface area contributed by atoms with Gasteiger partial charge < -0.3 is 15.6 Å². The van der Waals surface area contributed by atoms with E-state index in [4.69, 9.17) is 15.6 Å². The number of aliphatic hydroxyl groups is 1. The molecule has 1 saturated heterocycles. The van der Waals surface area contributed by atoms with Crippen LogP contribution in [-0.2, 0) is 4.74 Å². The minimum absolute atomic E-state index is 0.103. The summed E-state index contributed by atoms with van der Waals surface area (Å²) in [6.45, 7) is -0.210. The van der Waals surface area contributed by atoms with Crippen LogP contribution in [0, 0.1) is 3.70 Å². The molecule has 1 aliphatic heterocycles. The molecule has 0 aliphatic carbocycles. The first-order chi connectivity index (χ1) is 9.10. The van der Waals surface area contributed by atoms with E-state index in [2.05, 4.69) is 15.0 Å². The number of anilines is 1. The second kappa shape index (κ2) is 4.80. The van der Waals surface area contributed by atoms with Crippen LogP contribution in [0.3, 0.4) is 0 Å². The molecule has 0 bridgehead atoms. The maximum Gasteiger partial charge on any atom is 0.223 e. The standard InChI is InChI=1S/C10H11FIN5O2/c11-5-1-4(2-18)19-9(5)17-3-14-6-7(12)15-10(13)16-8(6)17/h3-5,9,18H,1-2H2,(H2,13,15,16)/t4-,5+,9+/m0/s1. The molecule has 7 nitrogen and oxygen atoms in total. The van der Waals surface area contributed by atoms with E-state index >= 15 is 0 Å². The number of aromatic nitrogens is 4. The monoisotopic (exact) mass is 379 g/mol.